The molecule has 3 N–H and O–H groups in total. The fraction of sp³-hybridized carbons (Fsp3) is 0.167. The highest BCUT2D eigenvalue weighted by Gasteiger charge is 2.09. The van der Waals surface area contributed by atoms with Gasteiger partial charge in [0.2, 0.25) is 6.33 Å². The van der Waals surface area contributed by atoms with Crippen molar-refractivity contribution in [2.45, 2.75) is 13.5 Å². The van der Waals surface area contributed by atoms with Gasteiger partial charge in [0.05, 0.1) is 17.8 Å². The summed E-state index contributed by atoms with van der Waals surface area (Å²) in [4.78, 5) is 14.7. The van der Waals surface area contributed by atoms with Crippen molar-refractivity contribution in [3.63, 3.8) is 0 Å². The zero-order valence-corrected chi connectivity index (χ0v) is 11.6. The predicted octanol–water partition coefficient (Wildman–Crippen LogP) is -0.509. The van der Waals surface area contributed by atoms with Crippen LogP contribution in [0.2, 0.25) is 0 Å². The van der Waals surface area contributed by atoms with Crippen LogP contribution in [-0.2, 0) is 6.54 Å². The first-order valence-electron chi connectivity index (χ1n) is 6.17. The van der Waals surface area contributed by atoms with E-state index >= 15 is 0 Å². The summed E-state index contributed by atoms with van der Waals surface area (Å²) in [7, 11) is 0. The summed E-state index contributed by atoms with van der Waals surface area (Å²) in [6.07, 6.45) is 1.25. The molecule has 116 valence electrons. The number of nitrogens with one attached hydrogen (secondary N) is 2. The van der Waals surface area contributed by atoms with Crippen molar-refractivity contribution in [1.82, 2.24) is 25.1 Å². The van der Waals surface area contributed by atoms with Gasteiger partial charge in [0.1, 0.15) is 5.75 Å². The number of phenols is 1. The van der Waals surface area contributed by atoms with Crippen LogP contribution < -0.4 is 15.9 Å². The van der Waals surface area contributed by atoms with Crippen molar-refractivity contribution in [3.8, 4) is 5.75 Å². The fourth-order valence-electron chi connectivity index (χ4n) is 1.63. The molecule has 1 heterocycles. The van der Waals surface area contributed by atoms with E-state index < -0.39 is 10.8 Å². The van der Waals surface area contributed by atoms with Gasteiger partial charge in [-0.1, -0.05) is 17.1 Å². The van der Waals surface area contributed by atoms with Gasteiger partial charge in [0.15, 0.2) is 0 Å². The second kappa shape index (κ2) is 6.43. The molecule has 22 heavy (non-hydrogen) atoms. The number of hydrogen-bond acceptors (Lipinski definition) is 6. The van der Waals surface area contributed by atoms with Gasteiger partial charge >= 0.3 is 5.62 Å². The molecule has 0 radical (unpaired) electrons. The maximum absolute atomic E-state index is 11.8. The first-order valence-corrected chi connectivity index (χ1v) is 6.17. The van der Waals surface area contributed by atoms with Crippen molar-refractivity contribution in [3.05, 3.63) is 52.2 Å². The third-order valence-corrected chi connectivity index (χ3v) is 2.63. The zero-order valence-electron chi connectivity index (χ0n) is 11.6. The number of phenolic OH excluding ortho intramolecular Hbond substituents is 1. The van der Waals surface area contributed by atoms with Crippen LogP contribution in [0.25, 0.3) is 0 Å². The normalized spacial score (nSPS) is 11.2. The summed E-state index contributed by atoms with van der Waals surface area (Å²) in [6.45, 7) is 1.81. The first kappa shape index (κ1) is 15.1. The lowest BCUT2D eigenvalue weighted by Crippen LogP contribution is -2.24. The smallest absolute Gasteiger partial charge is 0.411 e. The van der Waals surface area contributed by atoms with E-state index in [1.165, 1.54) is 23.1 Å². The number of benzene rings is 1. The lowest BCUT2D eigenvalue weighted by Gasteiger charge is -2.08. The van der Waals surface area contributed by atoms with Gasteiger partial charge < -0.3 is 15.5 Å². The van der Waals surface area contributed by atoms with Crippen LogP contribution in [0, 0.1) is 10.4 Å². The van der Waals surface area contributed by atoms with Gasteiger partial charge in [-0.15, -0.1) is 0 Å². The molecule has 0 fully saturated rings. The van der Waals surface area contributed by atoms with Gasteiger partial charge in [-0.05, 0) is 19.1 Å². The number of nitrogens with zero attached hydrogens (tertiary/aromatic N) is 4. The number of carbonyl (C=O) groups excluding carboxylic acids is 1. The molecule has 1 aromatic heterocycles. The van der Waals surface area contributed by atoms with E-state index in [0.717, 1.165) is 0 Å². The van der Waals surface area contributed by atoms with E-state index in [9.17, 15) is 20.3 Å². The molecule has 0 saturated carbocycles. The number of para-hydroxylation sites is 1. The van der Waals surface area contributed by atoms with Crippen molar-refractivity contribution < 1.29 is 9.90 Å². The van der Waals surface area contributed by atoms with Crippen LogP contribution in [0.15, 0.2) is 35.7 Å². The lowest BCUT2D eigenvalue weighted by atomic mass is 10.2. The minimum absolute atomic E-state index is 0.101. The zero-order chi connectivity index (χ0) is 16.1. The number of hydrogen-bond donors (Lipinski definition) is 3. The number of aromatic amines is 1. The Kier molecular flexibility index (Phi) is 4.41. The van der Waals surface area contributed by atoms with E-state index in [2.05, 4.69) is 20.6 Å². The number of rotatable bonds is 4. The number of aromatic hydroxyl groups is 1. The summed E-state index contributed by atoms with van der Waals surface area (Å²) in [5.74, 6) is -0.704. The summed E-state index contributed by atoms with van der Waals surface area (Å²) < 4.78 is 1.35. The number of hydrazone groups is 1. The molecule has 1 aromatic carbocycles. The Hall–Kier alpha value is -3.30. The summed E-state index contributed by atoms with van der Waals surface area (Å²) in [6, 6.07) is 6.07. The Labute approximate surface area is 124 Å². The fourth-order valence-corrected chi connectivity index (χ4v) is 1.63. The van der Waals surface area contributed by atoms with Crippen LogP contribution in [0.3, 0.4) is 0 Å². The van der Waals surface area contributed by atoms with Crippen molar-refractivity contribution in [1.29, 1.82) is 0 Å². The average Bonchev–Trinajstić information content (AvgIpc) is 2.94. The molecule has 0 aliphatic carbocycles. The Morgan fingerprint density at radius 3 is 2.86 bits per heavy atom. The third-order valence-electron chi connectivity index (χ3n) is 2.63. The van der Waals surface area contributed by atoms with Crippen molar-refractivity contribution >= 4 is 11.6 Å². The molecule has 10 heteroatoms. The number of H-pyrrole nitrogens is 1. The Balaban J connectivity index is 2.02. The molecule has 0 atom stereocenters. The Morgan fingerprint density at radius 1 is 1.50 bits per heavy atom. The Bertz CT molecular complexity index is 772. The molecule has 10 nitrogen and oxygen atoms in total. The van der Waals surface area contributed by atoms with E-state index in [4.69, 9.17) is 0 Å². The number of aromatic nitrogens is 3. The largest absolute Gasteiger partial charge is 0.744 e. The maximum atomic E-state index is 11.8. The summed E-state index contributed by atoms with van der Waals surface area (Å²) >= 11 is 0. The van der Waals surface area contributed by atoms with Crippen LogP contribution in [0.1, 0.15) is 17.3 Å². The summed E-state index contributed by atoms with van der Waals surface area (Å²) in [5.41, 5.74) is 2.49. The average molecular weight is 305 g/mol. The highest BCUT2D eigenvalue weighted by atomic mass is 16.8. The maximum Gasteiger partial charge on any atom is 0.411 e. The highest BCUT2D eigenvalue weighted by molar-refractivity contribution is 5.97. The molecule has 0 saturated heterocycles. The topological polar surface area (TPSA) is 144 Å². The molecular formula is C12H13N6O4-. The van der Waals surface area contributed by atoms with Gasteiger partial charge in [0, 0.05) is 0 Å². The minimum Gasteiger partial charge on any atom is -0.744 e. The van der Waals surface area contributed by atoms with Gasteiger partial charge in [0.25, 0.3) is 5.91 Å². The molecular weight excluding hydrogens is 292 g/mol. The molecule has 0 spiro atoms. The van der Waals surface area contributed by atoms with E-state index in [1.807, 2.05) is 0 Å². The van der Waals surface area contributed by atoms with E-state index in [-0.39, 0.29) is 23.5 Å². The molecule has 0 unspecified atom stereocenters. The molecule has 2 rings (SSSR count). The monoisotopic (exact) mass is 305 g/mol. The van der Waals surface area contributed by atoms with Crippen LogP contribution >= 0.6 is 0 Å². The third kappa shape index (κ3) is 3.62. The second-order valence-corrected chi connectivity index (χ2v) is 4.37. The molecule has 1 amide bonds. The second-order valence-electron chi connectivity index (χ2n) is 4.37. The van der Waals surface area contributed by atoms with Crippen molar-refractivity contribution in [2.75, 3.05) is 0 Å². The minimum atomic E-state index is -0.650. The molecule has 0 bridgehead atoms. The quantitative estimate of drug-likeness (QED) is 0.514. The first-order chi connectivity index (χ1) is 10.5. The van der Waals surface area contributed by atoms with Crippen LogP contribution in [0.5, 0.6) is 5.75 Å². The number of carbonyl (C=O) groups is 1. The van der Waals surface area contributed by atoms with E-state index in [1.54, 1.807) is 19.1 Å². The van der Waals surface area contributed by atoms with Crippen LogP contribution in [-0.4, -0.2) is 31.5 Å². The van der Waals surface area contributed by atoms with Crippen molar-refractivity contribution in [2.24, 2.45) is 5.10 Å². The predicted molar refractivity (Wildman–Crippen MR) is 77.3 cm³/mol. The lowest BCUT2D eigenvalue weighted by molar-refractivity contribution is 0.0952. The number of amides is 1. The van der Waals surface area contributed by atoms with Crippen LogP contribution in [0.4, 0.5) is 0 Å². The molecule has 0 aliphatic rings. The van der Waals surface area contributed by atoms with E-state index in [0.29, 0.717) is 5.71 Å². The summed E-state index contributed by atoms with van der Waals surface area (Å²) in [5, 5.41) is 36.8. The van der Waals surface area contributed by atoms with Gasteiger partial charge in [-0.25, -0.2) is 10.1 Å². The standard InChI is InChI=1S/C12H13N6O4/c1-8(6-17-7-13-12(16-17)18(21)22)14-15-11(20)9-4-2-3-5-10(9)19/h2-5,7,16H,6H2,1H3,(H2-,15,19,20,21,22)/q-1/b14-8+. The van der Waals surface area contributed by atoms with Gasteiger partial charge in [-0.3, -0.25) is 9.70 Å². The Morgan fingerprint density at radius 2 is 2.23 bits per heavy atom. The molecule has 0 aliphatic heterocycles. The molecule has 2 aromatic rings. The van der Waals surface area contributed by atoms with Gasteiger partial charge in [-0.2, -0.15) is 10.2 Å². The highest BCUT2D eigenvalue weighted by Crippen LogP contribution is 2.14. The SMILES string of the molecule is C/C(Cn1cnc(=[N+]([O-])[O-])[nH]1)=N\NC(=O)c1ccccc1O.